The number of nitrogens with one attached hydrogen (secondary N) is 1. The first kappa shape index (κ1) is 21.4. The molecule has 0 saturated heterocycles. The van der Waals surface area contributed by atoms with E-state index in [1.54, 1.807) is 0 Å². The minimum absolute atomic E-state index is 0.0674. The normalized spacial score (nSPS) is 12.6. The molecule has 28 heavy (non-hydrogen) atoms. The summed E-state index contributed by atoms with van der Waals surface area (Å²) in [5.41, 5.74) is -4.98. The molecule has 2 rings (SSSR count). The van der Waals surface area contributed by atoms with E-state index in [1.807, 2.05) is 0 Å². The number of nitrogens with zero attached hydrogens (tertiary/aromatic N) is 1. The van der Waals surface area contributed by atoms with Crippen molar-refractivity contribution in [1.29, 1.82) is 0 Å². The van der Waals surface area contributed by atoms with Gasteiger partial charge < -0.3 is 0 Å². The Kier molecular flexibility index (Phi) is 5.53. The smallest absolute Gasteiger partial charge is 0.263 e. The first-order chi connectivity index (χ1) is 12.7. The van der Waals surface area contributed by atoms with Crippen molar-refractivity contribution < 1.29 is 44.3 Å². The fraction of sp³-hybridized carbons (Fsp3) is 0.188. The van der Waals surface area contributed by atoms with Crippen LogP contribution >= 0.6 is 0 Å². The molecule has 0 radical (unpaired) electrons. The van der Waals surface area contributed by atoms with Gasteiger partial charge in [-0.25, -0.2) is 10.1 Å². The van der Waals surface area contributed by atoms with Crippen molar-refractivity contribution in [3.05, 3.63) is 59.7 Å². The summed E-state index contributed by atoms with van der Waals surface area (Å²) in [6.07, 6.45) is -15.7. The average molecular weight is 416 g/mol. The number of benzene rings is 2. The lowest BCUT2D eigenvalue weighted by Gasteiger charge is -2.26. The Balaban J connectivity index is 2.70. The van der Waals surface area contributed by atoms with Gasteiger partial charge in [-0.05, 0) is 30.3 Å². The van der Waals surface area contributed by atoms with Gasteiger partial charge in [0.05, 0.1) is 22.5 Å². The van der Waals surface area contributed by atoms with Crippen molar-refractivity contribution in [2.45, 2.75) is 18.7 Å². The van der Waals surface area contributed by atoms with Crippen LogP contribution in [0.3, 0.4) is 0 Å². The molecule has 0 unspecified atom stereocenters. The highest BCUT2D eigenvalue weighted by Gasteiger charge is 2.39. The Morgan fingerprint density at radius 3 is 1.57 bits per heavy atom. The minimum Gasteiger partial charge on any atom is -0.263 e. The Morgan fingerprint density at radius 1 is 0.714 bits per heavy atom. The molecule has 0 aliphatic carbocycles. The summed E-state index contributed by atoms with van der Waals surface area (Å²) in [6.45, 7) is 0. The summed E-state index contributed by atoms with van der Waals surface area (Å²) in [6, 6.07) is 4.07. The second-order valence-electron chi connectivity index (χ2n) is 5.36. The van der Waals surface area contributed by atoms with E-state index < -0.39 is 41.5 Å². The van der Waals surface area contributed by atoms with Crippen LogP contribution in [0.25, 0.3) is 0 Å². The summed E-state index contributed by atoms with van der Waals surface area (Å²) in [7, 11) is 0. The number of amides is 2. The highest BCUT2D eigenvalue weighted by molar-refractivity contribution is 5.99. The second kappa shape index (κ2) is 7.24. The monoisotopic (exact) mass is 416 g/mol. The molecule has 0 aliphatic rings. The molecule has 0 bridgehead atoms. The Morgan fingerprint density at radius 2 is 1.18 bits per heavy atom. The van der Waals surface area contributed by atoms with Gasteiger partial charge >= 0.3 is 24.7 Å². The summed E-state index contributed by atoms with van der Waals surface area (Å²) in [5, 5.41) is 0.557. The number of anilines is 2. The van der Waals surface area contributed by atoms with Gasteiger partial charge in [0.25, 0.3) is 0 Å². The largest absolute Gasteiger partial charge is 0.485 e. The van der Waals surface area contributed by atoms with Gasteiger partial charge in [-0.15, -0.1) is 0 Å². The zero-order valence-corrected chi connectivity index (χ0v) is 13.4. The molecule has 1 N–H and O–H groups in total. The highest BCUT2D eigenvalue weighted by Crippen LogP contribution is 2.40. The molecule has 3 nitrogen and oxygen atoms in total. The van der Waals surface area contributed by atoms with Gasteiger partial charge in [-0.2, -0.15) is 39.5 Å². The number of carbonyl (C=O) groups excluding carboxylic acids is 1. The first-order valence-electron chi connectivity index (χ1n) is 7.22. The molecule has 152 valence electrons. The topological polar surface area (TPSA) is 32.3 Å². The summed E-state index contributed by atoms with van der Waals surface area (Å²) in [5.74, 6) is 0. The summed E-state index contributed by atoms with van der Waals surface area (Å²) in [4.78, 5) is 12.1. The standard InChI is InChI=1S/C16H9F9N2O/c17-14(18,19)9-6-10(15(20,21)22)8-12(7-9)27(11-4-2-1-3-5-11)13(28)26-16(23,24)25/h1-8H,(H,26,28). The molecule has 0 aliphatic heterocycles. The molecule has 0 spiro atoms. The first-order valence-corrected chi connectivity index (χ1v) is 7.22. The maximum Gasteiger partial charge on any atom is 0.485 e. The van der Waals surface area contributed by atoms with Crippen LogP contribution in [0.5, 0.6) is 0 Å². The van der Waals surface area contributed by atoms with Crippen molar-refractivity contribution in [2.24, 2.45) is 0 Å². The summed E-state index contributed by atoms with van der Waals surface area (Å²) < 4.78 is 116. The van der Waals surface area contributed by atoms with E-state index in [0.717, 1.165) is 12.1 Å². The van der Waals surface area contributed by atoms with Gasteiger partial charge in [0.1, 0.15) is 0 Å². The Labute approximate surface area is 151 Å². The van der Waals surface area contributed by atoms with Crippen LogP contribution in [0.2, 0.25) is 0 Å². The van der Waals surface area contributed by atoms with Crippen LogP contribution in [0.4, 0.5) is 55.7 Å². The molecule has 2 amide bonds. The molecule has 12 heteroatoms. The predicted molar refractivity (Wildman–Crippen MR) is 79.6 cm³/mol. The molecule has 2 aromatic carbocycles. The van der Waals surface area contributed by atoms with E-state index in [1.165, 1.54) is 18.2 Å². The van der Waals surface area contributed by atoms with Crippen LogP contribution in [-0.2, 0) is 12.4 Å². The second-order valence-corrected chi connectivity index (χ2v) is 5.36. The maximum absolute atomic E-state index is 13.0. The SMILES string of the molecule is O=C(NC(F)(F)F)N(c1ccccc1)c1cc(C(F)(F)F)cc(C(F)(F)F)c1. The molecule has 0 aromatic heterocycles. The third-order valence-electron chi connectivity index (χ3n) is 3.30. The van der Waals surface area contributed by atoms with Gasteiger partial charge in [-0.3, -0.25) is 4.90 Å². The van der Waals surface area contributed by atoms with E-state index in [9.17, 15) is 44.3 Å². The quantitative estimate of drug-likeness (QED) is 0.466. The third kappa shape index (κ3) is 5.30. The van der Waals surface area contributed by atoms with E-state index in [4.69, 9.17) is 0 Å². The maximum atomic E-state index is 13.0. The van der Waals surface area contributed by atoms with Crippen LogP contribution in [0, 0.1) is 0 Å². The lowest BCUT2D eigenvalue weighted by molar-refractivity contribution is -0.146. The van der Waals surface area contributed by atoms with E-state index in [2.05, 4.69) is 0 Å². The minimum atomic E-state index is -5.27. The predicted octanol–water partition coefficient (Wildman–Crippen LogP) is 6.09. The number of rotatable bonds is 2. The van der Waals surface area contributed by atoms with Crippen LogP contribution < -0.4 is 10.2 Å². The van der Waals surface area contributed by atoms with Crippen LogP contribution in [0.15, 0.2) is 48.5 Å². The Bertz CT molecular complexity index is 810. The van der Waals surface area contributed by atoms with E-state index in [-0.39, 0.29) is 28.8 Å². The lowest BCUT2D eigenvalue weighted by atomic mass is 10.1. The number of alkyl halides is 9. The van der Waals surface area contributed by atoms with Crippen molar-refractivity contribution in [3.8, 4) is 0 Å². The zero-order valence-electron chi connectivity index (χ0n) is 13.4. The van der Waals surface area contributed by atoms with Crippen molar-refractivity contribution in [3.63, 3.8) is 0 Å². The number of carbonyl (C=O) groups is 1. The molecule has 0 saturated carbocycles. The molecule has 0 atom stereocenters. The van der Waals surface area contributed by atoms with Gasteiger partial charge in [0.15, 0.2) is 0 Å². The van der Waals surface area contributed by atoms with Gasteiger partial charge in [-0.1, -0.05) is 18.2 Å². The van der Waals surface area contributed by atoms with Gasteiger partial charge in [0.2, 0.25) is 0 Å². The van der Waals surface area contributed by atoms with Crippen molar-refractivity contribution >= 4 is 17.4 Å². The fourth-order valence-electron chi connectivity index (χ4n) is 2.21. The van der Waals surface area contributed by atoms with Crippen LogP contribution in [-0.4, -0.2) is 12.3 Å². The molecule has 0 fully saturated rings. The molecule has 0 heterocycles. The number of halogens is 9. The number of urea groups is 1. The van der Waals surface area contributed by atoms with Crippen LogP contribution in [0.1, 0.15) is 11.1 Å². The van der Waals surface area contributed by atoms with Gasteiger partial charge in [0, 0.05) is 0 Å². The number of hydrogen-bond acceptors (Lipinski definition) is 1. The van der Waals surface area contributed by atoms with E-state index in [0.29, 0.717) is 5.32 Å². The Hall–Kier alpha value is -2.92. The van der Waals surface area contributed by atoms with Crippen molar-refractivity contribution in [1.82, 2.24) is 5.32 Å². The molecule has 2 aromatic rings. The molecular formula is C16H9F9N2O. The average Bonchev–Trinajstić information content (AvgIpc) is 2.52. The van der Waals surface area contributed by atoms with Crippen molar-refractivity contribution in [2.75, 3.05) is 4.90 Å². The van der Waals surface area contributed by atoms with E-state index >= 15 is 0 Å². The fourth-order valence-corrected chi connectivity index (χ4v) is 2.21. The lowest BCUT2D eigenvalue weighted by Crippen LogP contribution is -2.44. The zero-order chi connectivity index (χ0) is 21.3. The highest BCUT2D eigenvalue weighted by atomic mass is 19.4. The third-order valence-corrected chi connectivity index (χ3v) is 3.30. The number of para-hydroxylation sites is 1. The summed E-state index contributed by atoms with van der Waals surface area (Å²) >= 11 is 0. The number of hydrogen-bond donors (Lipinski definition) is 1. The molecular weight excluding hydrogens is 407 g/mol.